The maximum absolute atomic E-state index is 10.6. The Bertz CT molecular complexity index is 522. The number of aryl methyl sites for hydroxylation is 1. The molecule has 2 nitrogen and oxygen atoms in total. The molecule has 1 N–H and O–H groups in total. The van der Waals surface area contributed by atoms with Crippen LogP contribution in [0, 0.1) is 6.92 Å². The molecule has 0 spiro atoms. The van der Waals surface area contributed by atoms with Gasteiger partial charge in [-0.1, -0.05) is 24.3 Å². The molecule has 2 aromatic rings. The lowest BCUT2D eigenvalue weighted by atomic mass is 9.97. The van der Waals surface area contributed by atoms with Gasteiger partial charge in [0.2, 0.25) is 0 Å². The van der Waals surface area contributed by atoms with E-state index in [1.165, 1.54) is 11.1 Å². The number of nitrogens with zero attached hydrogens (tertiary/aromatic N) is 1. The maximum atomic E-state index is 10.6. The summed E-state index contributed by atoms with van der Waals surface area (Å²) < 4.78 is 0. The molecule has 0 bridgehead atoms. The molecule has 1 aliphatic carbocycles. The van der Waals surface area contributed by atoms with Crippen molar-refractivity contribution in [3.05, 3.63) is 51.5 Å². The van der Waals surface area contributed by atoms with Crippen molar-refractivity contribution in [3.8, 4) is 0 Å². The van der Waals surface area contributed by atoms with Crippen LogP contribution in [0.5, 0.6) is 0 Å². The van der Waals surface area contributed by atoms with E-state index in [2.05, 4.69) is 17.1 Å². The van der Waals surface area contributed by atoms with Crippen molar-refractivity contribution in [1.82, 2.24) is 4.98 Å². The summed E-state index contributed by atoms with van der Waals surface area (Å²) in [6, 6.07) is 8.30. The molecule has 1 aliphatic rings. The monoisotopic (exact) mass is 245 g/mol. The summed E-state index contributed by atoms with van der Waals surface area (Å²) in [5.74, 6) is 0. The van der Waals surface area contributed by atoms with Crippen LogP contribution >= 0.6 is 11.3 Å². The van der Waals surface area contributed by atoms with Crippen LogP contribution in [0.25, 0.3) is 0 Å². The quantitative estimate of drug-likeness (QED) is 0.882. The van der Waals surface area contributed by atoms with E-state index >= 15 is 0 Å². The number of fused-ring (bicyclic) bond motifs is 1. The molecule has 0 unspecified atom stereocenters. The minimum atomic E-state index is -0.631. The third-order valence-corrected chi connectivity index (χ3v) is 4.27. The Morgan fingerprint density at radius 2 is 1.94 bits per heavy atom. The lowest BCUT2D eigenvalue weighted by Crippen LogP contribution is -2.32. The maximum Gasteiger partial charge on any atom is 0.0957 e. The number of hydrogen-bond acceptors (Lipinski definition) is 3. The minimum Gasteiger partial charge on any atom is -0.389 e. The van der Waals surface area contributed by atoms with E-state index in [-0.39, 0.29) is 0 Å². The van der Waals surface area contributed by atoms with Crippen LogP contribution in [0.2, 0.25) is 0 Å². The summed E-state index contributed by atoms with van der Waals surface area (Å²) in [4.78, 5) is 4.44. The molecule has 0 atom stereocenters. The zero-order chi connectivity index (χ0) is 11.9. The fourth-order valence-corrected chi connectivity index (χ4v) is 3.47. The predicted molar refractivity (Wildman–Crippen MR) is 69.4 cm³/mol. The Hall–Kier alpha value is -1.19. The summed E-state index contributed by atoms with van der Waals surface area (Å²) in [6.45, 7) is 1.99. The Labute approximate surface area is 105 Å². The van der Waals surface area contributed by atoms with E-state index in [4.69, 9.17) is 0 Å². The molecule has 0 saturated carbocycles. The molecular formula is C14H15NOS. The van der Waals surface area contributed by atoms with Crippen molar-refractivity contribution < 1.29 is 5.11 Å². The second kappa shape index (κ2) is 3.93. The zero-order valence-corrected chi connectivity index (χ0v) is 10.6. The molecule has 0 saturated heterocycles. The van der Waals surface area contributed by atoms with E-state index < -0.39 is 5.60 Å². The Morgan fingerprint density at radius 1 is 1.29 bits per heavy atom. The highest BCUT2D eigenvalue weighted by molar-refractivity contribution is 7.09. The van der Waals surface area contributed by atoms with Gasteiger partial charge in [0.25, 0.3) is 0 Å². The molecule has 3 heteroatoms. The number of thiazole rings is 1. The fraction of sp³-hybridized carbons (Fsp3) is 0.357. The summed E-state index contributed by atoms with van der Waals surface area (Å²) in [5.41, 5.74) is 2.98. The third kappa shape index (κ3) is 2.13. The first kappa shape index (κ1) is 10.9. The van der Waals surface area contributed by atoms with Gasteiger partial charge >= 0.3 is 0 Å². The van der Waals surface area contributed by atoms with Crippen molar-refractivity contribution in [2.75, 3.05) is 0 Å². The Morgan fingerprint density at radius 3 is 2.47 bits per heavy atom. The van der Waals surface area contributed by atoms with Gasteiger partial charge in [0, 0.05) is 30.3 Å². The standard InChI is InChI=1S/C14H15NOS/c1-10-9-17-13(15-10)8-14(16)6-11-4-2-3-5-12(11)7-14/h2-5,9,16H,6-8H2,1H3. The normalized spacial score (nSPS) is 17.1. The van der Waals surface area contributed by atoms with Gasteiger partial charge < -0.3 is 5.11 Å². The number of hydrogen-bond donors (Lipinski definition) is 1. The third-order valence-electron chi connectivity index (χ3n) is 3.30. The number of rotatable bonds is 2. The van der Waals surface area contributed by atoms with Crippen LogP contribution in [-0.2, 0) is 19.3 Å². The van der Waals surface area contributed by atoms with Crippen LogP contribution in [0.3, 0.4) is 0 Å². The average molecular weight is 245 g/mol. The van der Waals surface area contributed by atoms with Crippen molar-refractivity contribution in [2.24, 2.45) is 0 Å². The van der Waals surface area contributed by atoms with Gasteiger partial charge in [-0.25, -0.2) is 4.98 Å². The van der Waals surface area contributed by atoms with Gasteiger partial charge in [-0.15, -0.1) is 11.3 Å². The summed E-state index contributed by atoms with van der Waals surface area (Å²) in [6.07, 6.45) is 2.17. The topological polar surface area (TPSA) is 33.1 Å². The van der Waals surface area contributed by atoms with Crippen molar-refractivity contribution in [1.29, 1.82) is 0 Å². The minimum absolute atomic E-state index is 0.631. The second-order valence-corrected chi connectivity index (χ2v) is 5.85. The van der Waals surface area contributed by atoms with Crippen LogP contribution < -0.4 is 0 Å². The van der Waals surface area contributed by atoms with Crippen molar-refractivity contribution in [2.45, 2.75) is 31.8 Å². The highest BCUT2D eigenvalue weighted by Gasteiger charge is 2.35. The lowest BCUT2D eigenvalue weighted by molar-refractivity contribution is 0.0517. The molecule has 0 fully saturated rings. The van der Waals surface area contributed by atoms with Gasteiger partial charge in [-0.05, 0) is 18.1 Å². The van der Waals surface area contributed by atoms with E-state index in [9.17, 15) is 5.11 Å². The molecule has 1 aromatic heterocycles. The smallest absolute Gasteiger partial charge is 0.0957 e. The molecule has 0 radical (unpaired) electrons. The lowest BCUT2D eigenvalue weighted by Gasteiger charge is -2.20. The van der Waals surface area contributed by atoms with Crippen LogP contribution in [-0.4, -0.2) is 15.7 Å². The second-order valence-electron chi connectivity index (χ2n) is 4.91. The Kier molecular flexibility index (Phi) is 2.53. The highest BCUT2D eigenvalue weighted by atomic mass is 32.1. The van der Waals surface area contributed by atoms with Gasteiger partial charge in [0.05, 0.1) is 10.6 Å². The van der Waals surface area contributed by atoms with Gasteiger partial charge in [-0.3, -0.25) is 0 Å². The highest BCUT2D eigenvalue weighted by Crippen LogP contribution is 2.33. The van der Waals surface area contributed by atoms with Gasteiger partial charge in [0.15, 0.2) is 0 Å². The molecule has 17 heavy (non-hydrogen) atoms. The predicted octanol–water partition coefficient (Wildman–Crippen LogP) is 2.52. The first-order valence-corrected chi connectivity index (χ1v) is 6.73. The molecule has 1 heterocycles. The number of aliphatic hydroxyl groups is 1. The number of benzene rings is 1. The van der Waals surface area contributed by atoms with E-state index in [1.54, 1.807) is 11.3 Å². The SMILES string of the molecule is Cc1csc(CC2(O)Cc3ccccc3C2)n1. The average Bonchev–Trinajstić information content (AvgIpc) is 2.81. The zero-order valence-electron chi connectivity index (χ0n) is 9.81. The summed E-state index contributed by atoms with van der Waals surface area (Å²) in [7, 11) is 0. The van der Waals surface area contributed by atoms with Crippen LogP contribution in [0.1, 0.15) is 21.8 Å². The summed E-state index contributed by atoms with van der Waals surface area (Å²) in [5, 5.41) is 13.7. The molecule has 0 aliphatic heterocycles. The molecule has 1 aromatic carbocycles. The first-order valence-electron chi connectivity index (χ1n) is 5.85. The molecular weight excluding hydrogens is 230 g/mol. The fourth-order valence-electron chi connectivity index (χ4n) is 2.56. The largest absolute Gasteiger partial charge is 0.389 e. The molecule has 3 rings (SSSR count). The molecule has 0 amide bonds. The van der Waals surface area contributed by atoms with Crippen molar-refractivity contribution >= 4 is 11.3 Å². The summed E-state index contributed by atoms with van der Waals surface area (Å²) >= 11 is 1.64. The number of aromatic nitrogens is 1. The Balaban J connectivity index is 1.82. The van der Waals surface area contributed by atoms with Crippen molar-refractivity contribution in [3.63, 3.8) is 0 Å². The van der Waals surface area contributed by atoms with E-state index in [0.717, 1.165) is 23.5 Å². The van der Waals surface area contributed by atoms with Gasteiger partial charge in [0.1, 0.15) is 0 Å². The first-order chi connectivity index (χ1) is 8.15. The van der Waals surface area contributed by atoms with Gasteiger partial charge in [-0.2, -0.15) is 0 Å². The van der Waals surface area contributed by atoms with Crippen LogP contribution in [0.4, 0.5) is 0 Å². The van der Waals surface area contributed by atoms with Crippen LogP contribution in [0.15, 0.2) is 29.6 Å². The molecule has 88 valence electrons. The van der Waals surface area contributed by atoms with E-state index in [0.29, 0.717) is 6.42 Å². The van der Waals surface area contributed by atoms with E-state index in [1.807, 2.05) is 24.4 Å².